The van der Waals surface area contributed by atoms with E-state index in [2.05, 4.69) is 187 Å². The first-order valence-corrected chi connectivity index (χ1v) is 21.4. The quantitative estimate of drug-likeness (QED) is 0.174. The van der Waals surface area contributed by atoms with Crippen molar-refractivity contribution in [2.75, 3.05) is 0 Å². The zero-order chi connectivity index (χ0) is 40.8. The van der Waals surface area contributed by atoms with Gasteiger partial charge in [0.25, 0.3) is 0 Å². The number of allylic oxidation sites excluding steroid dienone is 4. The SMILES string of the molecule is C1=CC2c3c(-c4ccc5c(c4)c4ccccc4n5-c4ccccc4)cccc3C3(c4ccccc4-c4ccc(-c5nc(-c6ccccc6)nc(-c6ccccc6)n5)cc43)C2C=C1. The lowest BCUT2D eigenvalue weighted by Crippen LogP contribution is -2.33. The normalized spacial score (nSPS) is 17.9. The largest absolute Gasteiger partial charge is 0.309 e. The minimum atomic E-state index is -0.440. The molecule has 13 rings (SSSR count). The van der Waals surface area contributed by atoms with Gasteiger partial charge < -0.3 is 4.57 Å². The van der Waals surface area contributed by atoms with Gasteiger partial charge in [0.05, 0.1) is 16.4 Å². The molecular weight excluding hydrogens is 753 g/mol. The molecule has 0 fully saturated rings. The molecule has 0 amide bonds. The molecule has 4 heteroatoms. The molecule has 2 aromatic heterocycles. The number of aromatic nitrogens is 4. The van der Waals surface area contributed by atoms with E-state index >= 15 is 0 Å². The van der Waals surface area contributed by atoms with E-state index in [-0.39, 0.29) is 11.8 Å². The molecule has 62 heavy (non-hydrogen) atoms. The molecular formula is C58H38N4. The van der Waals surface area contributed by atoms with Crippen molar-refractivity contribution in [2.45, 2.75) is 11.3 Å². The van der Waals surface area contributed by atoms with Crippen LogP contribution in [-0.2, 0) is 5.41 Å². The Morgan fingerprint density at radius 3 is 1.74 bits per heavy atom. The molecule has 3 aliphatic rings. The maximum atomic E-state index is 5.19. The van der Waals surface area contributed by atoms with E-state index in [0.717, 1.165) is 16.7 Å². The van der Waals surface area contributed by atoms with Crippen LogP contribution in [0, 0.1) is 5.92 Å². The van der Waals surface area contributed by atoms with E-state index in [1.807, 2.05) is 36.4 Å². The van der Waals surface area contributed by atoms with Crippen molar-refractivity contribution in [1.29, 1.82) is 0 Å². The molecule has 0 saturated heterocycles. The summed E-state index contributed by atoms with van der Waals surface area (Å²) in [7, 11) is 0. The summed E-state index contributed by atoms with van der Waals surface area (Å²) in [6.45, 7) is 0. The van der Waals surface area contributed by atoms with E-state index in [1.54, 1.807) is 0 Å². The number of para-hydroxylation sites is 2. The Morgan fingerprint density at radius 2 is 0.968 bits per heavy atom. The van der Waals surface area contributed by atoms with Crippen molar-refractivity contribution in [3.05, 3.63) is 241 Å². The van der Waals surface area contributed by atoms with E-state index in [1.165, 1.54) is 72.0 Å². The van der Waals surface area contributed by atoms with Crippen molar-refractivity contribution in [1.82, 2.24) is 19.5 Å². The number of hydrogen-bond acceptors (Lipinski definition) is 3. The summed E-state index contributed by atoms with van der Waals surface area (Å²) in [5, 5.41) is 2.51. The maximum Gasteiger partial charge on any atom is 0.164 e. The lowest BCUT2D eigenvalue weighted by Gasteiger charge is -2.36. The smallest absolute Gasteiger partial charge is 0.164 e. The second-order valence-corrected chi connectivity index (χ2v) is 16.7. The molecule has 0 saturated carbocycles. The number of rotatable bonds is 5. The van der Waals surface area contributed by atoms with Crippen molar-refractivity contribution in [3.63, 3.8) is 0 Å². The maximum absolute atomic E-state index is 5.19. The Labute approximate surface area is 359 Å². The Hall–Kier alpha value is -7.95. The van der Waals surface area contributed by atoms with Gasteiger partial charge in [-0.3, -0.25) is 0 Å². The van der Waals surface area contributed by atoms with Gasteiger partial charge in [-0.15, -0.1) is 0 Å². The summed E-state index contributed by atoms with van der Waals surface area (Å²) in [6.07, 6.45) is 9.41. The summed E-state index contributed by atoms with van der Waals surface area (Å²) in [5.41, 5.74) is 16.5. The lowest BCUT2D eigenvalue weighted by molar-refractivity contribution is 0.466. The average Bonchev–Trinajstić information content (AvgIpc) is 3.96. The first-order valence-electron chi connectivity index (χ1n) is 21.4. The summed E-state index contributed by atoms with van der Waals surface area (Å²) in [5.74, 6) is 2.31. The predicted octanol–water partition coefficient (Wildman–Crippen LogP) is 13.8. The van der Waals surface area contributed by atoms with Crippen molar-refractivity contribution in [2.24, 2.45) is 5.92 Å². The van der Waals surface area contributed by atoms with Crippen LogP contribution in [0.2, 0.25) is 0 Å². The van der Waals surface area contributed by atoms with Crippen molar-refractivity contribution in [3.8, 4) is 62.1 Å². The van der Waals surface area contributed by atoms with Gasteiger partial charge in [-0.1, -0.05) is 182 Å². The fraction of sp³-hybridized carbons (Fsp3) is 0.0517. The number of nitrogens with zero attached hydrogens (tertiary/aromatic N) is 4. The van der Waals surface area contributed by atoms with Crippen LogP contribution in [0.15, 0.2) is 218 Å². The van der Waals surface area contributed by atoms with Crippen LogP contribution in [0.25, 0.3) is 83.9 Å². The monoisotopic (exact) mass is 790 g/mol. The van der Waals surface area contributed by atoms with Crippen LogP contribution in [0.1, 0.15) is 28.2 Å². The molecule has 3 unspecified atom stereocenters. The number of hydrogen-bond donors (Lipinski definition) is 0. The Morgan fingerprint density at radius 1 is 0.387 bits per heavy atom. The molecule has 1 spiro atoms. The molecule has 0 radical (unpaired) electrons. The summed E-state index contributed by atoms with van der Waals surface area (Å²) < 4.78 is 2.39. The highest BCUT2D eigenvalue weighted by Crippen LogP contribution is 2.66. The molecule has 2 heterocycles. The van der Waals surface area contributed by atoms with Gasteiger partial charge in [-0.25, -0.2) is 15.0 Å². The third-order valence-electron chi connectivity index (χ3n) is 13.5. The second kappa shape index (κ2) is 13.5. The molecule has 0 aliphatic heterocycles. The minimum absolute atomic E-state index is 0.156. The van der Waals surface area contributed by atoms with Gasteiger partial charge in [0, 0.05) is 45.0 Å². The van der Waals surface area contributed by atoms with Crippen molar-refractivity contribution < 1.29 is 0 Å². The predicted molar refractivity (Wildman–Crippen MR) is 252 cm³/mol. The van der Waals surface area contributed by atoms with Crippen LogP contribution >= 0.6 is 0 Å². The topological polar surface area (TPSA) is 43.6 Å². The summed E-state index contributed by atoms with van der Waals surface area (Å²) in [6, 6.07) is 70.1. The number of benzene rings is 8. The summed E-state index contributed by atoms with van der Waals surface area (Å²) in [4.78, 5) is 15.4. The molecule has 8 aromatic carbocycles. The Bertz CT molecular complexity index is 3420. The van der Waals surface area contributed by atoms with E-state index < -0.39 is 5.41 Å². The zero-order valence-electron chi connectivity index (χ0n) is 33.7. The molecule has 0 N–H and O–H groups in total. The third kappa shape index (κ3) is 4.98. The minimum Gasteiger partial charge on any atom is -0.309 e. The van der Waals surface area contributed by atoms with Gasteiger partial charge >= 0.3 is 0 Å². The highest BCUT2D eigenvalue weighted by atomic mass is 15.0. The molecule has 3 aliphatic carbocycles. The van der Waals surface area contributed by atoms with Gasteiger partial charge in [-0.05, 0) is 80.9 Å². The standard InChI is InChI=1S/C58H38N4/c1-4-17-37(18-5-1)55-59-56(38-19-6-2-7-20-38)61-57(60-55)40-31-33-44-43-23-10-13-27-48(43)58(51(44)36-40)49-28-14-11-25-46(49)54-42(26-16-29-50(54)58)39-32-34-53-47(35-39)45-24-12-15-30-52(45)62(53)41-21-8-3-9-22-41/h1-36,46,49H. The fourth-order valence-electron chi connectivity index (χ4n) is 11.0. The second-order valence-electron chi connectivity index (χ2n) is 16.7. The fourth-order valence-corrected chi connectivity index (χ4v) is 11.0. The lowest BCUT2D eigenvalue weighted by atomic mass is 9.65. The first kappa shape index (κ1) is 34.9. The molecule has 290 valence electrons. The van der Waals surface area contributed by atoms with Crippen LogP contribution < -0.4 is 0 Å². The van der Waals surface area contributed by atoms with Gasteiger partial charge in [0.1, 0.15) is 0 Å². The zero-order valence-corrected chi connectivity index (χ0v) is 33.7. The van der Waals surface area contributed by atoms with Crippen LogP contribution in [0.3, 0.4) is 0 Å². The molecule has 4 nitrogen and oxygen atoms in total. The van der Waals surface area contributed by atoms with E-state index in [4.69, 9.17) is 15.0 Å². The van der Waals surface area contributed by atoms with Crippen LogP contribution in [0.5, 0.6) is 0 Å². The Balaban J connectivity index is 1.03. The highest BCUT2D eigenvalue weighted by Gasteiger charge is 2.57. The van der Waals surface area contributed by atoms with Gasteiger partial charge in [0.15, 0.2) is 17.5 Å². The Kier molecular flexibility index (Phi) is 7.61. The van der Waals surface area contributed by atoms with E-state index in [9.17, 15) is 0 Å². The molecule has 0 bridgehead atoms. The third-order valence-corrected chi connectivity index (χ3v) is 13.5. The van der Waals surface area contributed by atoms with Crippen molar-refractivity contribution >= 4 is 21.8 Å². The molecule has 10 aromatic rings. The van der Waals surface area contributed by atoms with Crippen LogP contribution in [0.4, 0.5) is 0 Å². The van der Waals surface area contributed by atoms with Crippen LogP contribution in [-0.4, -0.2) is 19.5 Å². The molecule has 3 atom stereocenters. The van der Waals surface area contributed by atoms with Gasteiger partial charge in [0.2, 0.25) is 0 Å². The summed E-state index contributed by atoms with van der Waals surface area (Å²) >= 11 is 0. The number of fused-ring (bicyclic) bond motifs is 13. The average molecular weight is 791 g/mol. The highest BCUT2D eigenvalue weighted by molar-refractivity contribution is 6.10. The van der Waals surface area contributed by atoms with Gasteiger partial charge in [-0.2, -0.15) is 0 Å². The first-order chi connectivity index (χ1) is 30.8. The van der Waals surface area contributed by atoms with E-state index in [0.29, 0.717) is 17.5 Å².